The predicted molar refractivity (Wildman–Crippen MR) is 114 cm³/mol. The number of benzene rings is 2. The zero-order valence-corrected chi connectivity index (χ0v) is 17.1. The van der Waals surface area contributed by atoms with Gasteiger partial charge in [-0.2, -0.15) is 0 Å². The lowest BCUT2D eigenvalue weighted by atomic mass is 9.95. The molecule has 5 heteroatoms. The third kappa shape index (κ3) is 4.04. The highest BCUT2D eigenvalue weighted by Gasteiger charge is 2.23. The van der Waals surface area contributed by atoms with Crippen molar-refractivity contribution in [2.24, 2.45) is 5.92 Å². The summed E-state index contributed by atoms with van der Waals surface area (Å²) in [6.07, 6.45) is 0.864. The number of para-hydroxylation sites is 1. The number of pyridine rings is 1. The number of ether oxygens (including phenoxy) is 2. The van der Waals surface area contributed by atoms with Crippen LogP contribution in [-0.2, 0) is 0 Å². The van der Waals surface area contributed by atoms with Gasteiger partial charge in [-0.05, 0) is 42.7 Å². The van der Waals surface area contributed by atoms with Crippen LogP contribution in [-0.4, -0.2) is 24.1 Å². The van der Waals surface area contributed by atoms with Crippen molar-refractivity contribution >= 4 is 16.8 Å². The van der Waals surface area contributed by atoms with Gasteiger partial charge in [-0.1, -0.05) is 38.1 Å². The van der Waals surface area contributed by atoms with E-state index in [1.54, 1.807) is 0 Å². The molecule has 3 aromatic rings. The normalized spacial score (nSPS) is 14.5. The standard InChI is InChI=1S/C24H26N2O3/c1-15(2)23(17-9-10-21-22(14-17)29-12-6-11-28-21)26-24(27)19-13-16(3)25-20-8-5-4-7-18(19)20/h4-5,7-10,13-15,23H,6,11-12H2,1-3H3,(H,26,27). The van der Waals surface area contributed by atoms with Crippen LogP contribution in [0.2, 0.25) is 0 Å². The number of fused-ring (bicyclic) bond motifs is 2. The Hall–Kier alpha value is -3.08. The van der Waals surface area contributed by atoms with Gasteiger partial charge in [0.1, 0.15) is 0 Å². The Morgan fingerprint density at radius 1 is 1.03 bits per heavy atom. The number of nitrogens with one attached hydrogen (secondary N) is 1. The number of carbonyl (C=O) groups excluding carboxylic acids is 1. The molecule has 1 aliphatic rings. The Morgan fingerprint density at radius 2 is 1.79 bits per heavy atom. The van der Waals surface area contributed by atoms with Gasteiger partial charge in [-0.3, -0.25) is 9.78 Å². The minimum atomic E-state index is -0.146. The Labute approximate surface area is 171 Å². The fourth-order valence-electron chi connectivity index (χ4n) is 3.72. The van der Waals surface area contributed by atoms with Gasteiger partial charge in [0.15, 0.2) is 11.5 Å². The smallest absolute Gasteiger partial charge is 0.252 e. The summed E-state index contributed by atoms with van der Waals surface area (Å²) in [5.41, 5.74) is 3.31. The average molecular weight is 390 g/mol. The number of amides is 1. The Morgan fingerprint density at radius 3 is 2.59 bits per heavy atom. The van der Waals surface area contributed by atoms with E-state index >= 15 is 0 Å². The molecule has 4 rings (SSSR count). The lowest BCUT2D eigenvalue weighted by molar-refractivity contribution is 0.0927. The molecule has 0 aliphatic carbocycles. The molecule has 0 bridgehead atoms. The SMILES string of the molecule is Cc1cc(C(=O)NC(c2ccc3c(c2)OCCCO3)C(C)C)c2ccccc2n1. The minimum absolute atomic E-state index is 0.0995. The molecular formula is C24H26N2O3. The first-order chi connectivity index (χ1) is 14.0. The van der Waals surface area contributed by atoms with E-state index in [2.05, 4.69) is 24.1 Å². The summed E-state index contributed by atoms with van der Waals surface area (Å²) in [5.74, 6) is 1.61. The van der Waals surface area contributed by atoms with Crippen LogP contribution in [0.25, 0.3) is 10.9 Å². The van der Waals surface area contributed by atoms with Crippen molar-refractivity contribution in [3.8, 4) is 11.5 Å². The lowest BCUT2D eigenvalue weighted by Gasteiger charge is -2.24. The summed E-state index contributed by atoms with van der Waals surface area (Å²) in [6.45, 7) is 7.41. The van der Waals surface area contributed by atoms with Crippen LogP contribution >= 0.6 is 0 Å². The summed E-state index contributed by atoms with van der Waals surface area (Å²) in [5, 5.41) is 4.09. The van der Waals surface area contributed by atoms with Crippen molar-refractivity contribution in [2.45, 2.75) is 33.2 Å². The van der Waals surface area contributed by atoms with Gasteiger partial charge in [-0.15, -0.1) is 0 Å². The molecule has 150 valence electrons. The molecule has 1 aromatic heterocycles. The highest BCUT2D eigenvalue weighted by atomic mass is 16.5. The van der Waals surface area contributed by atoms with Crippen molar-refractivity contribution < 1.29 is 14.3 Å². The summed E-state index contributed by atoms with van der Waals surface area (Å²) >= 11 is 0. The van der Waals surface area contributed by atoms with Gasteiger partial charge in [0, 0.05) is 17.5 Å². The van der Waals surface area contributed by atoms with Gasteiger partial charge in [0.05, 0.1) is 30.3 Å². The zero-order chi connectivity index (χ0) is 20.4. The van der Waals surface area contributed by atoms with E-state index in [9.17, 15) is 4.79 Å². The quantitative estimate of drug-likeness (QED) is 0.693. The first-order valence-corrected chi connectivity index (χ1v) is 10.1. The Balaban J connectivity index is 1.66. The summed E-state index contributed by atoms with van der Waals surface area (Å²) < 4.78 is 11.6. The summed E-state index contributed by atoms with van der Waals surface area (Å²) in [4.78, 5) is 17.8. The highest BCUT2D eigenvalue weighted by molar-refractivity contribution is 6.06. The second kappa shape index (κ2) is 8.11. The van der Waals surface area contributed by atoms with Gasteiger partial charge in [0.25, 0.3) is 5.91 Å². The maximum atomic E-state index is 13.2. The van der Waals surface area contributed by atoms with E-state index in [-0.39, 0.29) is 17.9 Å². The number of aryl methyl sites for hydroxylation is 1. The van der Waals surface area contributed by atoms with Gasteiger partial charge >= 0.3 is 0 Å². The van der Waals surface area contributed by atoms with Crippen LogP contribution in [0, 0.1) is 12.8 Å². The van der Waals surface area contributed by atoms with E-state index in [1.807, 2.05) is 55.5 Å². The van der Waals surface area contributed by atoms with Crippen LogP contribution < -0.4 is 14.8 Å². The number of carbonyl (C=O) groups is 1. The fourth-order valence-corrected chi connectivity index (χ4v) is 3.72. The number of rotatable bonds is 4. The van der Waals surface area contributed by atoms with Gasteiger partial charge in [0.2, 0.25) is 0 Å². The third-order valence-electron chi connectivity index (χ3n) is 5.17. The molecule has 1 atom stereocenters. The monoisotopic (exact) mass is 390 g/mol. The van der Waals surface area contributed by atoms with E-state index in [4.69, 9.17) is 9.47 Å². The molecule has 5 nitrogen and oxygen atoms in total. The van der Waals surface area contributed by atoms with E-state index in [1.165, 1.54) is 0 Å². The minimum Gasteiger partial charge on any atom is -0.490 e. The lowest BCUT2D eigenvalue weighted by Crippen LogP contribution is -2.32. The zero-order valence-electron chi connectivity index (χ0n) is 17.1. The summed E-state index contributed by atoms with van der Waals surface area (Å²) in [6, 6.07) is 15.4. The number of hydrogen-bond donors (Lipinski definition) is 1. The Bertz CT molecular complexity index is 1050. The van der Waals surface area contributed by atoms with Crippen molar-refractivity contribution in [3.63, 3.8) is 0 Å². The topological polar surface area (TPSA) is 60.5 Å². The second-order valence-corrected chi connectivity index (χ2v) is 7.78. The van der Waals surface area contributed by atoms with Crippen LogP contribution in [0.1, 0.15) is 47.9 Å². The van der Waals surface area contributed by atoms with Crippen LogP contribution in [0.5, 0.6) is 11.5 Å². The van der Waals surface area contributed by atoms with Gasteiger partial charge in [-0.25, -0.2) is 0 Å². The van der Waals surface area contributed by atoms with Crippen molar-refractivity contribution in [1.82, 2.24) is 10.3 Å². The molecule has 1 N–H and O–H groups in total. The van der Waals surface area contributed by atoms with Crippen LogP contribution in [0.15, 0.2) is 48.5 Å². The molecule has 2 heterocycles. The molecule has 2 aromatic carbocycles. The van der Waals surface area contributed by atoms with Crippen LogP contribution in [0.3, 0.4) is 0 Å². The molecule has 0 spiro atoms. The fraction of sp³-hybridized carbons (Fsp3) is 0.333. The molecule has 0 saturated heterocycles. The molecule has 0 fully saturated rings. The number of nitrogens with zero attached hydrogens (tertiary/aromatic N) is 1. The third-order valence-corrected chi connectivity index (χ3v) is 5.17. The van der Waals surface area contributed by atoms with Crippen molar-refractivity contribution in [1.29, 1.82) is 0 Å². The van der Waals surface area contributed by atoms with E-state index in [0.717, 1.165) is 40.1 Å². The summed E-state index contributed by atoms with van der Waals surface area (Å²) in [7, 11) is 0. The molecule has 1 aliphatic heterocycles. The van der Waals surface area contributed by atoms with Crippen molar-refractivity contribution in [2.75, 3.05) is 13.2 Å². The predicted octanol–water partition coefficient (Wildman–Crippen LogP) is 4.83. The first-order valence-electron chi connectivity index (χ1n) is 10.1. The molecular weight excluding hydrogens is 364 g/mol. The Kier molecular flexibility index (Phi) is 5.38. The molecule has 29 heavy (non-hydrogen) atoms. The maximum Gasteiger partial charge on any atom is 0.252 e. The molecule has 1 unspecified atom stereocenters. The van der Waals surface area contributed by atoms with E-state index in [0.29, 0.717) is 18.8 Å². The maximum absolute atomic E-state index is 13.2. The largest absolute Gasteiger partial charge is 0.490 e. The highest BCUT2D eigenvalue weighted by Crippen LogP contribution is 2.34. The van der Waals surface area contributed by atoms with Crippen molar-refractivity contribution in [3.05, 3.63) is 65.4 Å². The average Bonchev–Trinajstić information content (AvgIpc) is 2.95. The number of aromatic nitrogens is 1. The second-order valence-electron chi connectivity index (χ2n) is 7.78. The first kappa shape index (κ1) is 19.2. The number of hydrogen-bond acceptors (Lipinski definition) is 4. The van der Waals surface area contributed by atoms with Gasteiger partial charge < -0.3 is 14.8 Å². The van der Waals surface area contributed by atoms with Crippen LogP contribution in [0.4, 0.5) is 0 Å². The molecule has 1 amide bonds. The molecule has 0 radical (unpaired) electrons. The van der Waals surface area contributed by atoms with E-state index < -0.39 is 0 Å². The molecule has 0 saturated carbocycles.